The van der Waals surface area contributed by atoms with Crippen LogP contribution in [0.25, 0.3) is 0 Å². The second-order valence-electron chi connectivity index (χ2n) is 6.63. The molecule has 5 nitrogen and oxygen atoms in total. The Balaban J connectivity index is 1.60. The van der Waals surface area contributed by atoms with Gasteiger partial charge in [0.05, 0.1) is 6.10 Å². The SMILES string of the molecule is O=C(c1ccc2c(c1)CCCN2C(=O)c1ccccc1)N1CC(O)C1. The molecule has 2 aliphatic rings. The van der Waals surface area contributed by atoms with E-state index in [9.17, 15) is 14.7 Å². The molecule has 0 bridgehead atoms. The molecule has 1 N–H and O–H groups in total. The van der Waals surface area contributed by atoms with Gasteiger partial charge in [-0.15, -0.1) is 0 Å². The van der Waals surface area contributed by atoms with Crippen molar-refractivity contribution in [2.75, 3.05) is 24.5 Å². The number of amides is 2. The van der Waals surface area contributed by atoms with Crippen LogP contribution in [0.2, 0.25) is 0 Å². The molecule has 25 heavy (non-hydrogen) atoms. The molecule has 5 heteroatoms. The van der Waals surface area contributed by atoms with Gasteiger partial charge < -0.3 is 14.9 Å². The molecule has 0 radical (unpaired) electrons. The van der Waals surface area contributed by atoms with Crippen molar-refractivity contribution in [3.8, 4) is 0 Å². The van der Waals surface area contributed by atoms with Gasteiger partial charge in [-0.1, -0.05) is 18.2 Å². The quantitative estimate of drug-likeness (QED) is 0.913. The van der Waals surface area contributed by atoms with Crippen molar-refractivity contribution in [1.29, 1.82) is 0 Å². The monoisotopic (exact) mass is 336 g/mol. The molecule has 2 aliphatic heterocycles. The van der Waals surface area contributed by atoms with Crippen molar-refractivity contribution in [2.45, 2.75) is 18.9 Å². The van der Waals surface area contributed by atoms with Crippen molar-refractivity contribution >= 4 is 17.5 Å². The Labute approximate surface area is 146 Å². The van der Waals surface area contributed by atoms with Crippen LogP contribution in [0.4, 0.5) is 5.69 Å². The van der Waals surface area contributed by atoms with Crippen LogP contribution >= 0.6 is 0 Å². The number of hydrogen-bond donors (Lipinski definition) is 1. The first-order valence-electron chi connectivity index (χ1n) is 8.60. The van der Waals surface area contributed by atoms with Crippen LogP contribution in [0.1, 0.15) is 32.7 Å². The number of fused-ring (bicyclic) bond motifs is 1. The minimum atomic E-state index is -0.402. The summed E-state index contributed by atoms with van der Waals surface area (Å²) in [6.07, 6.45) is 1.34. The average molecular weight is 336 g/mol. The van der Waals surface area contributed by atoms with Gasteiger partial charge in [-0.3, -0.25) is 9.59 Å². The minimum Gasteiger partial charge on any atom is -0.389 e. The van der Waals surface area contributed by atoms with E-state index in [0.717, 1.165) is 24.1 Å². The summed E-state index contributed by atoms with van der Waals surface area (Å²) in [6.45, 7) is 1.48. The maximum Gasteiger partial charge on any atom is 0.258 e. The van der Waals surface area contributed by atoms with Gasteiger partial charge in [0, 0.05) is 36.4 Å². The van der Waals surface area contributed by atoms with E-state index in [-0.39, 0.29) is 11.8 Å². The predicted octanol–water partition coefficient (Wildman–Crippen LogP) is 2.10. The zero-order valence-electron chi connectivity index (χ0n) is 13.9. The van der Waals surface area contributed by atoms with E-state index < -0.39 is 6.10 Å². The zero-order valence-corrected chi connectivity index (χ0v) is 13.9. The second-order valence-corrected chi connectivity index (χ2v) is 6.63. The van der Waals surface area contributed by atoms with Crippen molar-refractivity contribution in [2.24, 2.45) is 0 Å². The first-order chi connectivity index (χ1) is 12.1. The molecule has 0 aliphatic carbocycles. The summed E-state index contributed by atoms with van der Waals surface area (Å²) < 4.78 is 0. The Morgan fingerprint density at radius 2 is 1.72 bits per heavy atom. The molecular weight excluding hydrogens is 316 g/mol. The first kappa shape index (κ1) is 15.8. The van der Waals surface area contributed by atoms with Crippen LogP contribution in [-0.4, -0.2) is 47.6 Å². The molecule has 0 aromatic heterocycles. The predicted molar refractivity (Wildman–Crippen MR) is 94.8 cm³/mol. The molecule has 0 spiro atoms. The molecule has 2 heterocycles. The number of carbonyl (C=O) groups excluding carboxylic acids is 2. The summed E-state index contributed by atoms with van der Waals surface area (Å²) in [5, 5.41) is 9.37. The van der Waals surface area contributed by atoms with Crippen LogP contribution in [-0.2, 0) is 6.42 Å². The summed E-state index contributed by atoms with van der Waals surface area (Å²) in [6, 6.07) is 14.8. The highest BCUT2D eigenvalue weighted by atomic mass is 16.3. The summed E-state index contributed by atoms with van der Waals surface area (Å²) in [7, 11) is 0. The fourth-order valence-electron chi connectivity index (χ4n) is 3.48. The standard InChI is InChI=1S/C20H20N2O3/c23-17-12-21(13-17)19(24)16-8-9-18-15(11-16)7-4-10-22(18)20(25)14-5-2-1-3-6-14/h1-3,5-6,8-9,11,17,23H,4,7,10,12-13H2. The number of aryl methyl sites for hydroxylation is 1. The van der Waals surface area contributed by atoms with Gasteiger partial charge in [0.15, 0.2) is 0 Å². The molecule has 2 aromatic carbocycles. The largest absolute Gasteiger partial charge is 0.389 e. The Morgan fingerprint density at radius 3 is 2.44 bits per heavy atom. The molecule has 128 valence electrons. The van der Waals surface area contributed by atoms with Crippen LogP contribution in [0.15, 0.2) is 48.5 Å². The highest BCUT2D eigenvalue weighted by Crippen LogP contribution is 2.30. The summed E-state index contributed by atoms with van der Waals surface area (Å²) in [5.41, 5.74) is 3.22. The number of hydrogen-bond acceptors (Lipinski definition) is 3. The van der Waals surface area contributed by atoms with E-state index in [1.165, 1.54) is 0 Å². The minimum absolute atomic E-state index is 0.00788. The fourth-order valence-corrected chi connectivity index (χ4v) is 3.48. The lowest BCUT2D eigenvalue weighted by Crippen LogP contribution is -2.53. The van der Waals surface area contributed by atoms with E-state index >= 15 is 0 Å². The third-order valence-electron chi connectivity index (χ3n) is 4.86. The van der Waals surface area contributed by atoms with Gasteiger partial charge >= 0.3 is 0 Å². The molecular formula is C20H20N2O3. The molecule has 1 saturated heterocycles. The van der Waals surface area contributed by atoms with E-state index in [4.69, 9.17) is 0 Å². The number of aliphatic hydroxyl groups is 1. The van der Waals surface area contributed by atoms with Gasteiger partial charge in [-0.25, -0.2) is 0 Å². The second kappa shape index (κ2) is 6.33. The fraction of sp³-hybridized carbons (Fsp3) is 0.300. The Kier molecular flexibility index (Phi) is 4.01. The van der Waals surface area contributed by atoms with Gasteiger partial charge in [0.1, 0.15) is 0 Å². The number of aliphatic hydroxyl groups excluding tert-OH is 1. The Morgan fingerprint density at radius 1 is 0.960 bits per heavy atom. The smallest absolute Gasteiger partial charge is 0.258 e. The Bertz CT molecular complexity index is 813. The summed E-state index contributed by atoms with van der Waals surface area (Å²) in [5.74, 6) is -0.0638. The highest BCUT2D eigenvalue weighted by Gasteiger charge is 2.30. The van der Waals surface area contributed by atoms with E-state index in [1.54, 1.807) is 15.9 Å². The van der Waals surface area contributed by atoms with E-state index in [2.05, 4.69) is 0 Å². The maximum atomic E-state index is 12.8. The number of anilines is 1. The van der Waals surface area contributed by atoms with Crippen molar-refractivity contribution in [3.63, 3.8) is 0 Å². The summed E-state index contributed by atoms with van der Waals surface area (Å²) >= 11 is 0. The molecule has 0 saturated carbocycles. The van der Waals surface area contributed by atoms with Crippen molar-refractivity contribution < 1.29 is 14.7 Å². The molecule has 0 unspecified atom stereocenters. The molecule has 4 rings (SSSR count). The molecule has 1 fully saturated rings. The van der Waals surface area contributed by atoms with Crippen LogP contribution < -0.4 is 4.90 Å². The number of carbonyl (C=O) groups is 2. The number of β-amino-alcohol motifs (C(OH)–C–C–N with tert-alkyl or cyclic N) is 1. The van der Waals surface area contributed by atoms with Crippen molar-refractivity contribution in [1.82, 2.24) is 4.90 Å². The van der Waals surface area contributed by atoms with Crippen molar-refractivity contribution in [3.05, 3.63) is 65.2 Å². The Hall–Kier alpha value is -2.66. The first-order valence-corrected chi connectivity index (χ1v) is 8.60. The van der Waals surface area contributed by atoms with Crippen LogP contribution in [0.3, 0.4) is 0 Å². The number of rotatable bonds is 2. The van der Waals surface area contributed by atoms with Gasteiger partial charge in [0.25, 0.3) is 11.8 Å². The van der Waals surface area contributed by atoms with Gasteiger partial charge in [-0.05, 0) is 48.7 Å². The van der Waals surface area contributed by atoms with Gasteiger partial charge in [-0.2, -0.15) is 0 Å². The average Bonchev–Trinajstić information content (AvgIpc) is 2.64. The van der Waals surface area contributed by atoms with E-state index in [1.807, 2.05) is 42.5 Å². The van der Waals surface area contributed by atoms with E-state index in [0.29, 0.717) is 30.8 Å². The van der Waals surface area contributed by atoms with Crippen LogP contribution in [0, 0.1) is 0 Å². The lowest BCUT2D eigenvalue weighted by molar-refractivity contribution is 0.00589. The molecule has 2 amide bonds. The molecule has 0 atom stereocenters. The lowest BCUT2D eigenvalue weighted by atomic mass is 9.97. The maximum absolute atomic E-state index is 12.8. The summed E-state index contributed by atoms with van der Waals surface area (Å²) in [4.78, 5) is 28.7. The number of nitrogens with zero attached hydrogens (tertiary/aromatic N) is 2. The van der Waals surface area contributed by atoms with Gasteiger partial charge in [0.2, 0.25) is 0 Å². The highest BCUT2D eigenvalue weighted by molar-refractivity contribution is 6.07. The zero-order chi connectivity index (χ0) is 17.4. The molecule has 2 aromatic rings. The third-order valence-corrected chi connectivity index (χ3v) is 4.86. The number of benzene rings is 2. The third kappa shape index (κ3) is 2.91. The lowest BCUT2D eigenvalue weighted by Gasteiger charge is -2.36. The topological polar surface area (TPSA) is 60.9 Å². The number of likely N-dealkylation sites (tertiary alicyclic amines) is 1. The van der Waals surface area contributed by atoms with Crippen LogP contribution in [0.5, 0.6) is 0 Å². The normalized spacial score (nSPS) is 17.0.